The van der Waals surface area contributed by atoms with Crippen LogP contribution in [0.15, 0.2) is 4.52 Å². The van der Waals surface area contributed by atoms with E-state index in [0.717, 1.165) is 25.9 Å². The van der Waals surface area contributed by atoms with E-state index in [4.69, 9.17) is 4.52 Å². The number of amides is 1. The van der Waals surface area contributed by atoms with Crippen molar-refractivity contribution >= 4 is 30.7 Å². The molecule has 2 N–H and O–H groups in total. The molecule has 0 aliphatic carbocycles. The number of nitrogens with one attached hydrogen (secondary N) is 2. The molecule has 0 spiro atoms. The van der Waals surface area contributed by atoms with Crippen LogP contribution in [0.25, 0.3) is 0 Å². The number of aromatic nitrogens is 2. The van der Waals surface area contributed by atoms with E-state index in [1.807, 2.05) is 32.8 Å². The van der Waals surface area contributed by atoms with Gasteiger partial charge in [0.25, 0.3) is 0 Å². The third kappa shape index (κ3) is 6.93. The van der Waals surface area contributed by atoms with E-state index in [0.29, 0.717) is 30.6 Å². The van der Waals surface area contributed by atoms with E-state index < -0.39 is 5.54 Å². The molecule has 0 radical (unpaired) electrons. The fourth-order valence-electron chi connectivity index (χ4n) is 2.61. The Morgan fingerprint density at radius 3 is 2.71 bits per heavy atom. The molecule has 1 aromatic rings. The summed E-state index contributed by atoms with van der Waals surface area (Å²) in [6.07, 6.45) is 2.63. The molecule has 1 amide bonds. The van der Waals surface area contributed by atoms with Gasteiger partial charge in [0.05, 0.1) is 12.1 Å². The van der Waals surface area contributed by atoms with Gasteiger partial charge in [0, 0.05) is 6.42 Å². The van der Waals surface area contributed by atoms with Gasteiger partial charge in [0.1, 0.15) is 0 Å². The molecule has 0 bridgehead atoms. The monoisotopic (exact) mass is 381 g/mol. The van der Waals surface area contributed by atoms with E-state index >= 15 is 0 Å². The lowest BCUT2D eigenvalue weighted by Gasteiger charge is -2.22. The number of rotatable bonds is 7. The molecular formula is C15H29Cl2N5O2. The SMILES string of the molecule is CN(C)Cc1nc(C(C)(C)NC(=O)CCC2CCNC2)no1.Cl.Cl. The average molecular weight is 382 g/mol. The lowest BCUT2D eigenvalue weighted by molar-refractivity contribution is -0.123. The fraction of sp³-hybridized carbons (Fsp3) is 0.800. The molecule has 1 aromatic heterocycles. The zero-order valence-electron chi connectivity index (χ0n) is 14.8. The van der Waals surface area contributed by atoms with Crippen molar-refractivity contribution < 1.29 is 9.32 Å². The molecule has 0 saturated carbocycles. The van der Waals surface area contributed by atoms with Gasteiger partial charge < -0.3 is 20.1 Å². The predicted octanol–water partition coefficient (Wildman–Crippen LogP) is 1.72. The summed E-state index contributed by atoms with van der Waals surface area (Å²) in [5.41, 5.74) is -0.626. The minimum absolute atomic E-state index is 0. The van der Waals surface area contributed by atoms with E-state index in [1.165, 1.54) is 0 Å². The lowest BCUT2D eigenvalue weighted by Crippen LogP contribution is -2.42. The van der Waals surface area contributed by atoms with Crippen molar-refractivity contribution in [1.29, 1.82) is 0 Å². The Bertz CT molecular complexity index is 502. The summed E-state index contributed by atoms with van der Waals surface area (Å²) in [4.78, 5) is 18.5. The Morgan fingerprint density at radius 2 is 2.12 bits per heavy atom. The van der Waals surface area contributed by atoms with Crippen LogP contribution < -0.4 is 10.6 Å². The number of hydrogen-bond acceptors (Lipinski definition) is 6. The number of carbonyl (C=O) groups excluding carboxylic acids is 1. The summed E-state index contributed by atoms with van der Waals surface area (Å²) in [6, 6.07) is 0. The largest absolute Gasteiger partial charge is 0.344 e. The first-order valence-electron chi connectivity index (χ1n) is 7.86. The van der Waals surface area contributed by atoms with Gasteiger partial charge in [-0.1, -0.05) is 5.16 Å². The van der Waals surface area contributed by atoms with Crippen LogP contribution in [0.4, 0.5) is 0 Å². The van der Waals surface area contributed by atoms with Crippen molar-refractivity contribution in [3.05, 3.63) is 11.7 Å². The first-order chi connectivity index (χ1) is 10.4. The van der Waals surface area contributed by atoms with Crippen LogP contribution in [0, 0.1) is 5.92 Å². The second-order valence-electron chi connectivity index (χ2n) is 6.82. The summed E-state index contributed by atoms with van der Waals surface area (Å²) in [6.45, 7) is 6.47. The maximum absolute atomic E-state index is 12.1. The quantitative estimate of drug-likeness (QED) is 0.747. The first kappa shape index (κ1) is 23.1. The van der Waals surface area contributed by atoms with Crippen molar-refractivity contribution in [3.63, 3.8) is 0 Å². The summed E-state index contributed by atoms with van der Waals surface area (Å²) in [7, 11) is 3.88. The molecule has 140 valence electrons. The standard InChI is InChI=1S/C15H27N5O2.2ClH/c1-15(2,14-17-13(22-19-14)10-20(3)4)18-12(21)6-5-11-7-8-16-9-11;;/h11,16H,5-10H2,1-4H3,(H,18,21);2*1H. The van der Waals surface area contributed by atoms with Crippen molar-refractivity contribution in [2.45, 2.75) is 45.2 Å². The zero-order valence-corrected chi connectivity index (χ0v) is 16.4. The molecule has 2 rings (SSSR count). The van der Waals surface area contributed by atoms with E-state index in [2.05, 4.69) is 20.8 Å². The highest BCUT2D eigenvalue weighted by molar-refractivity contribution is 5.85. The number of carbonyl (C=O) groups is 1. The Balaban J connectivity index is 0.00000264. The molecule has 1 aliphatic rings. The number of nitrogens with zero attached hydrogens (tertiary/aromatic N) is 3. The van der Waals surface area contributed by atoms with Gasteiger partial charge in [-0.05, 0) is 59.8 Å². The second kappa shape index (κ2) is 10.2. The van der Waals surface area contributed by atoms with Gasteiger partial charge in [-0.25, -0.2) is 0 Å². The van der Waals surface area contributed by atoms with Gasteiger partial charge in [-0.15, -0.1) is 24.8 Å². The molecule has 1 unspecified atom stereocenters. The van der Waals surface area contributed by atoms with Gasteiger partial charge in [0.2, 0.25) is 11.8 Å². The maximum Gasteiger partial charge on any atom is 0.240 e. The van der Waals surface area contributed by atoms with Crippen LogP contribution in [-0.4, -0.2) is 48.1 Å². The number of halogens is 2. The van der Waals surface area contributed by atoms with Crippen molar-refractivity contribution in [3.8, 4) is 0 Å². The Morgan fingerprint density at radius 1 is 1.42 bits per heavy atom. The summed E-state index contributed by atoms with van der Waals surface area (Å²) in [5.74, 6) is 1.72. The molecule has 0 aromatic carbocycles. The molecule has 1 aliphatic heterocycles. The van der Waals surface area contributed by atoms with E-state index in [1.54, 1.807) is 0 Å². The molecule has 24 heavy (non-hydrogen) atoms. The highest BCUT2D eigenvalue weighted by Gasteiger charge is 2.29. The predicted molar refractivity (Wildman–Crippen MR) is 97.6 cm³/mol. The van der Waals surface area contributed by atoms with E-state index in [9.17, 15) is 4.79 Å². The minimum atomic E-state index is -0.626. The molecular weight excluding hydrogens is 353 g/mol. The fourth-order valence-corrected chi connectivity index (χ4v) is 2.61. The summed E-state index contributed by atoms with van der Waals surface area (Å²) < 4.78 is 5.22. The van der Waals surface area contributed by atoms with Crippen LogP contribution in [0.2, 0.25) is 0 Å². The molecule has 2 heterocycles. The molecule has 9 heteroatoms. The number of hydrogen-bond donors (Lipinski definition) is 2. The van der Waals surface area contributed by atoms with Gasteiger partial charge >= 0.3 is 0 Å². The Labute approximate surface area is 156 Å². The normalized spacial score (nSPS) is 17.3. The topological polar surface area (TPSA) is 83.3 Å². The van der Waals surface area contributed by atoms with E-state index in [-0.39, 0.29) is 30.7 Å². The molecule has 1 fully saturated rings. The van der Waals surface area contributed by atoms with Crippen molar-refractivity contribution in [2.75, 3.05) is 27.2 Å². The van der Waals surface area contributed by atoms with Crippen LogP contribution in [-0.2, 0) is 16.9 Å². The van der Waals surface area contributed by atoms with Crippen LogP contribution in [0.3, 0.4) is 0 Å². The minimum Gasteiger partial charge on any atom is -0.344 e. The van der Waals surface area contributed by atoms with Crippen LogP contribution >= 0.6 is 24.8 Å². The van der Waals surface area contributed by atoms with Crippen molar-refractivity contribution in [2.24, 2.45) is 5.92 Å². The van der Waals surface area contributed by atoms with Crippen LogP contribution in [0.1, 0.15) is 44.8 Å². The maximum atomic E-state index is 12.1. The zero-order chi connectivity index (χ0) is 16.2. The Kier molecular flexibility index (Phi) is 9.80. The molecule has 1 saturated heterocycles. The highest BCUT2D eigenvalue weighted by atomic mass is 35.5. The second-order valence-corrected chi connectivity index (χ2v) is 6.82. The lowest BCUT2D eigenvalue weighted by atomic mass is 10.0. The summed E-state index contributed by atoms with van der Waals surface area (Å²) in [5, 5.41) is 10.3. The average Bonchev–Trinajstić information content (AvgIpc) is 3.06. The third-order valence-electron chi connectivity index (χ3n) is 3.87. The Hall–Kier alpha value is -0.890. The first-order valence-corrected chi connectivity index (χ1v) is 7.86. The molecule has 1 atom stereocenters. The van der Waals surface area contributed by atoms with Gasteiger partial charge in [-0.3, -0.25) is 4.79 Å². The highest BCUT2D eigenvalue weighted by Crippen LogP contribution is 2.19. The van der Waals surface area contributed by atoms with Crippen molar-refractivity contribution in [1.82, 2.24) is 25.7 Å². The van der Waals surface area contributed by atoms with Gasteiger partial charge in [-0.2, -0.15) is 4.98 Å². The third-order valence-corrected chi connectivity index (χ3v) is 3.87. The van der Waals surface area contributed by atoms with Crippen LogP contribution in [0.5, 0.6) is 0 Å². The molecule has 7 nitrogen and oxygen atoms in total. The summed E-state index contributed by atoms with van der Waals surface area (Å²) >= 11 is 0. The smallest absolute Gasteiger partial charge is 0.240 e. The van der Waals surface area contributed by atoms with Gasteiger partial charge in [0.15, 0.2) is 5.82 Å².